The van der Waals surface area contributed by atoms with Crippen LogP contribution in [0.25, 0.3) is 0 Å². The van der Waals surface area contributed by atoms with Crippen LogP contribution in [0.5, 0.6) is 0 Å². The zero-order chi connectivity index (χ0) is 15.5. The smallest absolute Gasteiger partial charge is 0.319 e. The van der Waals surface area contributed by atoms with Gasteiger partial charge in [-0.3, -0.25) is 0 Å². The van der Waals surface area contributed by atoms with Crippen LogP contribution in [0.15, 0.2) is 42.5 Å². The first-order chi connectivity index (χ1) is 10.6. The van der Waals surface area contributed by atoms with Gasteiger partial charge in [0.2, 0.25) is 0 Å². The van der Waals surface area contributed by atoms with Gasteiger partial charge in [-0.25, -0.2) is 4.79 Å². The second-order valence-electron chi connectivity index (χ2n) is 5.49. The Balaban J connectivity index is 1.63. The van der Waals surface area contributed by atoms with Crippen LogP contribution in [-0.4, -0.2) is 12.1 Å². The normalized spacial score (nSPS) is 13.5. The lowest BCUT2D eigenvalue weighted by molar-refractivity contribution is 0.251. The summed E-state index contributed by atoms with van der Waals surface area (Å²) in [5.41, 5.74) is 3.69. The third-order valence-corrected chi connectivity index (χ3v) is 4.01. The highest BCUT2D eigenvalue weighted by Gasteiger charge is 2.23. The van der Waals surface area contributed by atoms with Crippen LogP contribution in [0.4, 0.5) is 21.9 Å². The van der Waals surface area contributed by atoms with Crippen LogP contribution >= 0.6 is 11.6 Å². The van der Waals surface area contributed by atoms with Gasteiger partial charge in [0.05, 0.1) is 0 Å². The van der Waals surface area contributed by atoms with Gasteiger partial charge in [-0.2, -0.15) is 0 Å². The lowest BCUT2D eigenvalue weighted by Gasteiger charge is -2.12. The Morgan fingerprint density at radius 2 is 1.77 bits per heavy atom. The van der Waals surface area contributed by atoms with Gasteiger partial charge < -0.3 is 16.0 Å². The molecule has 0 radical (unpaired) electrons. The molecule has 4 nitrogen and oxygen atoms in total. The Labute approximate surface area is 134 Å². The fourth-order valence-corrected chi connectivity index (χ4v) is 2.29. The molecular weight excluding hydrogens is 298 g/mol. The molecule has 5 heteroatoms. The molecule has 1 saturated carbocycles. The van der Waals surface area contributed by atoms with Gasteiger partial charge in [0.25, 0.3) is 0 Å². The number of rotatable bonds is 4. The molecule has 0 saturated heterocycles. The van der Waals surface area contributed by atoms with Crippen LogP contribution in [0, 0.1) is 6.92 Å². The number of urea groups is 1. The molecule has 0 atom stereocenters. The summed E-state index contributed by atoms with van der Waals surface area (Å²) in [7, 11) is 0. The maximum atomic E-state index is 11.7. The summed E-state index contributed by atoms with van der Waals surface area (Å²) in [6, 6.07) is 13.6. The highest BCUT2D eigenvalue weighted by Crippen LogP contribution is 2.26. The number of hydrogen-bond donors (Lipinski definition) is 3. The molecule has 0 bridgehead atoms. The van der Waals surface area contributed by atoms with Crippen molar-refractivity contribution in [3.05, 3.63) is 53.1 Å². The maximum Gasteiger partial charge on any atom is 0.319 e. The summed E-state index contributed by atoms with van der Waals surface area (Å²) >= 11 is 6.11. The monoisotopic (exact) mass is 315 g/mol. The van der Waals surface area contributed by atoms with Crippen molar-refractivity contribution < 1.29 is 4.79 Å². The standard InChI is InChI=1S/C17H18ClN3O/c1-11-15(18)3-2-4-16(11)19-12-5-7-13(8-6-12)20-17(22)21-14-9-10-14/h2-8,14,19H,9-10H2,1H3,(H2,20,21,22). The van der Waals surface area contributed by atoms with E-state index >= 15 is 0 Å². The molecule has 1 aliphatic carbocycles. The van der Waals surface area contributed by atoms with Crippen LogP contribution < -0.4 is 16.0 Å². The van der Waals surface area contributed by atoms with Crippen molar-refractivity contribution in [3.8, 4) is 0 Å². The van der Waals surface area contributed by atoms with Crippen molar-refractivity contribution in [2.75, 3.05) is 10.6 Å². The molecule has 1 aliphatic rings. The van der Waals surface area contributed by atoms with Crippen molar-refractivity contribution in [3.63, 3.8) is 0 Å². The lowest BCUT2D eigenvalue weighted by Crippen LogP contribution is -2.30. The third-order valence-electron chi connectivity index (χ3n) is 3.60. The molecule has 114 valence electrons. The summed E-state index contributed by atoms with van der Waals surface area (Å²) in [5, 5.41) is 9.78. The SMILES string of the molecule is Cc1c(Cl)cccc1Nc1ccc(NC(=O)NC2CC2)cc1. The third kappa shape index (κ3) is 3.71. The first-order valence-electron chi connectivity index (χ1n) is 7.31. The fourth-order valence-electron chi connectivity index (χ4n) is 2.12. The highest BCUT2D eigenvalue weighted by atomic mass is 35.5. The fraction of sp³-hybridized carbons (Fsp3) is 0.235. The van der Waals surface area contributed by atoms with Gasteiger partial charge in [0.1, 0.15) is 0 Å². The molecule has 3 N–H and O–H groups in total. The highest BCUT2D eigenvalue weighted by molar-refractivity contribution is 6.31. The quantitative estimate of drug-likeness (QED) is 0.767. The molecule has 3 rings (SSSR count). The Morgan fingerprint density at radius 3 is 2.45 bits per heavy atom. The number of hydrogen-bond acceptors (Lipinski definition) is 2. The number of amides is 2. The van der Waals surface area contributed by atoms with Gasteiger partial charge >= 0.3 is 6.03 Å². The van der Waals surface area contributed by atoms with E-state index in [-0.39, 0.29) is 6.03 Å². The number of nitrogens with one attached hydrogen (secondary N) is 3. The minimum Gasteiger partial charge on any atom is -0.355 e. The summed E-state index contributed by atoms with van der Waals surface area (Å²) in [6.07, 6.45) is 2.16. The molecule has 2 aromatic carbocycles. The van der Waals surface area contributed by atoms with Crippen molar-refractivity contribution in [2.24, 2.45) is 0 Å². The van der Waals surface area contributed by atoms with Gasteiger partial charge in [-0.15, -0.1) is 0 Å². The molecular formula is C17H18ClN3O. The van der Waals surface area contributed by atoms with Crippen LogP contribution in [0.2, 0.25) is 5.02 Å². The van der Waals surface area contributed by atoms with Gasteiger partial charge in [-0.05, 0) is 61.7 Å². The summed E-state index contributed by atoms with van der Waals surface area (Å²) < 4.78 is 0. The number of carbonyl (C=O) groups is 1. The largest absolute Gasteiger partial charge is 0.355 e. The van der Waals surface area contributed by atoms with E-state index < -0.39 is 0 Å². The van der Waals surface area contributed by atoms with Crippen LogP contribution in [-0.2, 0) is 0 Å². The molecule has 0 unspecified atom stereocenters. The van der Waals surface area contributed by atoms with Crippen molar-refractivity contribution in [2.45, 2.75) is 25.8 Å². The second-order valence-corrected chi connectivity index (χ2v) is 5.89. The zero-order valence-electron chi connectivity index (χ0n) is 12.3. The van der Waals surface area contributed by atoms with E-state index in [9.17, 15) is 4.79 Å². The van der Waals surface area contributed by atoms with E-state index in [1.54, 1.807) is 0 Å². The van der Waals surface area contributed by atoms with E-state index in [1.165, 1.54) is 0 Å². The van der Waals surface area contributed by atoms with Gasteiger partial charge in [-0.1, -0.05) is 17.7 Å². The topological polar surface area (TPSA) is 53.2 Å². The average molecular weight is 316 g/mol. The number of halogens is 1. The van der Waals surface area contributed by atoms with E-state index in [1.807, 2.05) is 49.4 Å². The Morgan fingerprint density at radius 1 is 1.09 bits per heavy atom. The molecule has 2 aromatic rings. The van der Waals surface area contributed by atoms with Crippen molar-refractivity contribution in [1.82, 2.24) is 5.32 Å². The summed E-state index contributed by atoms with van der Waals surface area (Å²) in [4.78, 5) is 11.7. The number of anilines is 3. The summed E-state index contributed by atoms with van der Waals surface area (Å²) in [5.74, 6) is 0. The van der Waals surface area contributed by atoms with Crippen molar-refractivity contribution in [1.29, 1.82) is 0 Å². The Hall–Kier alpha value is -2.20. The predicted molar refractivity (Wildman–Crippen MR) is 91.1 cm³/mol. The van der Waals surface area contributed by atoms with Crippen molar-refractivity contribution >= 4 is 34.7 Å². The molecule has 0 heterocycles. The van der Waals surface area contributed by atoms with E-state index in [2.05, 4.69) is 16.0 Å². The number of benzene rings is 2. The predicted octanol–water partition coefficient (Wildman–Crippen LogP) is 4.68. The molecule has 0 aliphatic heterocycles. The molecule has 0 spiro atoms. The zero-order valence-corrected chi connectivity index (χ0v) is 13.1. The second kappa shape index (κ2) is 6.28. The van der Waals surface area contributed by atoms with Gasteiger partial charge in [0.15, 0.2) is 0 Å². The summed E-state index contributed by atoms with van der Waals surface area (Å²) in [6.45, 7) is 1.98. The Kier molecular flexibility index (Phi) is 4.20. The molecule has 22 heavy (non-hydrogen) atoms. The van der Waals surface area contributed by atoms with Gasteiger partial charge in [0, 0.05) is 28.1 Å². The first-order valence-corrected chi connectivity index (χ1v) is 7.69. The lowest BCUT2D eigenvalue weighted by atomic mass is 10.2. The first kappa shape index (κ1) is 14.7. The average Bonchev–Trinajstić information content (AvgIpc) is 3.30. The molecule has 2 amide bonds. The minimum absolute atomic E-state index is 0.145. The Bertz CT molecular complexity index is 681. The van der Waals surface area contributed by atoms with E-state index in [4.69, 9.17) is 11.6 Å². The number of carbonyl (C=O) groups excluding carboxylic acids is 1. The minimum atomic E-state index is -0.145. The molecule has 0 aromatic heterocycles. The molecule has 1 fully saturated rings. The van der Waals surface area contributed by atoms with E-state index in [0.717, 1.165) is 40.5 Å². The van der Waals surface area contributed by atoms with E-state index in [0.29, 0.717) is 6.04 Å². The maximum absolute atomic E-state index is 11.7. The van der Waals surface area contributed by atoms with Crippen LogP contribution in [0.1, 0.15) is 18.4 Å². The van der Waals surface area contributed by atoms with Crippen LogP contribution in [0.3, 0.4) is 0 Å².